The van der Waals surface area contributed by atoms with Crippen LogP contribution in [0.4, 0.5) is 5.69 Å². The quantitative estimate of drug-likeness (QED) is 0.438. The Morgan fingerprint density at radius 2 is 1.52 bits per heavy atom. The fraction of sp³-hybridized carbons (Fsp3) is 0.222. The lowest BCUT2D eigenvalue weighted by Crippen LogP contribution is -2.30. The molecule has 6 nitrogen and oxygen atoms in total. The number of hydrogen-bond acceptors (Lipinski definition) is 3. The Labute approximate surface area is 193 Å². The molecular formula is C27H28N4O2. The molecule has 0 aliphatic rings. The van der Waals surface area contributed by atoms with Crippen LogP contribution < -0.4 is 10.6 Å². The number of carbonyl (C=O) groups is 2. The van der Waals surface area contributed by atoms with Gasteiger partial charge in [0.1, 0.15) is 12.4 Å². The highest BCUT2D eigenvalue weighted by Gasteiger charge is 2.21. The molecular weight excluding hydrogens is 412 g/mol. The number of nitrogens with one attached hydrogen (secondary N) is 2. The van der Waals surface area contributed by atoms with Crippen molar-refractivity contribution >= 4 is 28.5 Å². The third-order valence-corrected chi connectivity index (χ3v) is 5.86. The molecule has 4 aromatic rings. The molecule has 0 saturated carbocycles. The Morgan fingerprint density at radius 3 is 2.24 bits per heavy atom. The van der Waals surface area contributed by atoms with Crippen LogP contribution in [0.1, 0.15) is 45.8 Å². The Kier molecular flexibility index (Phi) is 6.27. The number of benzene rings is 3. The molecule has 6 heteroatoms. The van der Waals surface area contributed by atoms with Gasteiger partial charge in [0.15, 0.2) is 0 Å². The molecule has 0 aliphatic heterocycles. The first-order valence-electron chi connectivity index (χ1n) is 11.0. The fourth-order valence-electron chi connectivity index (χ4n) is 4.09. The maximum atomic E-state index is 13.0. The van der Waals surface area contributed by atoms with Crippen LogP contribution in [-0.4, -0.2) is 21.4 Å². The number of fused-ring (bicyclic) bond motifs is 1. The van der Waals surface area contributed by atoms with E-state index in [2.05, 4.69) is 10.6 Å². The zero-order valence-electron chi connectivity index (χ0n) is 19.3. The molecule has 0 bridgehead atoms. The second kappa shape index (κ2) is 9.28. The second-order valence-electron chi connectivity index (χ2n) is 8.37. The van der Waals surface area contributed by atoms with Crippen LogP contribution in [-0.2, 0) is 11.3 Å². The van der Waals surface area contributed by atoms with E-state index in [1.54, 1.807) is 6.07 Å². The molecule has 3 aromatic carbocycles. The molecule has 1 aromatic heterocycles. The van der Waals surface area contributed by atoms with E-state index >= 15 is 0 Å². The van der Waals surface area contributed by atoms with E-state index in [1.807, 2.05) is 92.9 Å². The zero-order chi connectivity index (χ0) is 23.5. The van der Waals surface area contributed by atoms with Gasteiger partial charge in [0, 0.05) is 11.3 Å². The topological polar surface area (TPSA) is 76.0 Å². The highest BCUT2D eigenvalue weighted by atomic mass is 16.2. The van der Waals surface area contributed by atoms with Crippen LogP contribution in [0, 0.1) is 20.8 Å². The summed E-state index contributed by atoms with van der Waals surface area (Å²) in [5, 5.41) is 6.09. The number of carbonyl (C=O) groups excluding carboxylic acids is 2. The highest BCUT2D eigenvalue weighted by Crippen LogP contribution is 2.23. The maximum Gasteiger partial charge on any atom is 0.252 e. The van der Waals surface area contributed by atoms with Gasteiger partial charge in [0.2, 0.25) is 5.91 Å². The van der Waals surface area contributed by atoms with Crippen molar-refractivity contribution in [3.8, 4) is 0 Å². The Hall–Kier alpha value is -3.93. The summed E-state index contributed by atoms with van der Waals surface area (Å²) >= 11 is 0. The van der Waals surface area contributed by atoms with E-state index < -0.39 is 6.04 Å². The average molecular weight is 441 g/mol. The number of amides is 2. The molecule has 1 heterocycles. The molecule has 4 rings (SSSR count). The fourth-order valence-corrected chi connectivity index (χ4v) is 4.09. The van der Waals surface area contributed by atoms with Crippen molar-refractivity contribution in [1.82, 2.24) is 14.9 Å². The number of anilines is 1. The molecule has 0 saturated heterocycles. The Balaban J connectivity index is 1.62. The summed E-state index contributed by atoms with van der Waals surface area (Å²) in [7, 11) is 0. The average Bonchev–Trinajstić information content (AvgIpc) is 3.15. The predicted molar refractivity (Wildman–Crippen MR) is 131 cm³/mol. The van der Waals surface area contributed by atoms with Gasteiger partial charge in [-0.2, -0.15) is 0 Å². The van der Waals surface area contributed by atoms with E-state index in [-0.39, 0.29) is 18.4 Å². The molecule has 2 N–H and O–H groups in total. The molecule has 0 radical (unpaired) electrons. The number of imidazole rings is 1. The van der Waals surface area contributed by atoms with Gasteiger partial charge in [-0.25, -0.2) is 4.98 Å². The summed E-state index contributed by atoms with van der Waals surface area (Å²) in [6.45, 7) is 7.84. The van der Waals surface area contributed by atoms with Gasteiger partial charge in [-0.3, -0.25) is 9.59 Å². The molecule has 0 spiro atoms. The number of aromatic nitrogens is 2. The predicted octanol–water partition coefficient (Wildman–Crippen LogP) is 5.09. The summed E-state index contributed by atoms with van der Waals surface area (Å²) in [6, 6.07) is 20.7. The van der Waals surface area contributed by atoms with E-state index in [0.29, 0.717) is 11.4 Å². The van der Waals surface area contributed by atoms with Crippen LogP contribution in [0.15, 0.2) is 66.7 Å². The Bertz CT molecular complexity index is 1320. The smallest absolute Gasteiger partial charge is 0.252 e. The van der Waals surface area contributed by atoms with E-state index in [4.69, 9.17) is 4.98 Å². The molecule has 168 valence electrons. The first-order valence-corrected chi connectivity index (χ1v) is 11.0. The van der Waals surface area contributed by atoms with Crippen molar-refractivity contribution in [1.29, 1.82) is 0 Å². The monoisotopic (exact) mass is 440 g/mol. The van der Waals surface area contributed by atoms with Crippen LogP contribution in [0.3, 0.4) is 0 Å². The molecule has 0 fully saturated rings. The minimum absolute atomic E-state index is 0.0915. The summed E-state index contributed by atoms with van der Waals surface area (Å²) in [5.41, 5.74) is 6.01. The number of hydrogen-bond donors (Lipinski definition) is 2. The highest BCUT2D eigenvalue weighted by molar-refractivity contribution is 5.96. The minimum atomic E-state index is -0.391. The van der Waals surface area contributed by atoms with Gasteiger partial charge in [-0.15, -0.1) is 0 Å². The lowest BCUT2D eigenvalue weighted by atomic mass is 10.1. The van der Waals surface area contributed by atoms with Crippen molar-refractivity contribution in [2.24, 2.45) is 0 Å². The number of aryl methyl sites for hydroxylation is 3. The standard InChI is InChI=1S/C27H28N4O2/c1-17-10-5-6-13-21(17)27(33)28-20(4)26-29-22-14-7-8-15-23(22)31(26)16-24(32)30-25-18(2)11-9-12-19(25)3/h5-15,20H,16H2,1-4H3,(H,28,33)(H,30,32). The molecule has 2 amide bonds. The first kappa shape index (κ1) is 22.3. The van der Waals surface area contributed by atoms with Crippen LogP contribution in [0.2, 0.25) is 0 Å². The van der Waals surface area contributed by atoms with Crippen molar-refractivity contribution in [2.75, 3.05) is 5.32 Å². The van der Waals surface area contributed by atoms with Gasteiger partial charge in [0.25, 0.3) is 5.91 Å². The van der Waals surface area contributed by atoms with E-state index in [1.165, 1.54) is 0 Å². The normalized spacial score (nSPS) is 11.9. The van der Waals surface area contributed by atoms with E-state index in [0.717, 1.165) is 33.4 Å². The minimum Gasteiger partial charge on any atom is -0.342 e. The molecule has 1 unspecified atom stereocenters. The van der Waals surface area contributed by atoms with Gasteiger partial charge in [-0.1, -0.05) is 48.5 Å². The lowest BCUT2D eigenvalue weighted by molar-refractivity contribution is -0.116. The first-order chi connectivity index (χ1) is 15.8. The summed E-state index contributed by atoms with van der Waals surface area (Å²) in [4.78, 5) is 30.7. The maximum absolute atomic E-state index is 13.0. The van der Waals surface area contributed by atoms with Crippen molar-refractivity contribution in [3.63, 3.8) is 0 Å². The van der Waals surface area contributed by atoms with Gasteiger partial charge >= 0.3 is 0 Å². The van der Waals surface area contributed by atoms with Gasteiger partial charge in [0.05, 0.1) is 17.1 Å². The third-order valence-electron chi connectivity index (χ3n) is 5.86. The summed E-state index contributed by atoms with van der Waals surface area (Å²) < 4.78 is 1.88. The van der Waals surface area contributed by atoms with Crippen molar-refractivity contribution in [2.45, 2.75) is 40.3 Å². The van der Waals surface area contributed by atoms with Crippen LogP contribution in [0.25, 0.3) is 11.0 Å². The molecule has 0 aliphatic carbocycles. The van der Waals surface area contributed by atoms with Crippen molar-refractivity contribution < 1.29 is 9.59 Å². The van der Waals surface area contributed by atoms with Gasteiger partial charge < -0.3 is 15.2 Å². The SMILES string of the molecule is Cc1ccccc1C(=O)NC(C)c1nc2ccccc2n1CC(=O)Nc1c(C)cccc1C. The van der Waals surface area contributed by atoms with Crippen LogP contribution >= 0.6 is 0 Å². The van der Waals surface area contributed by atoms with Gasteiger partial charge in [-0.05, 0) is 62.6 Å². The third kappa shape index (κ3) is 4.65. The number of rotatable bonds is 6. The lowest BCUT2D eigenvalue weighted by Gasteiger charge is -2.18. The van der Waals surface area contributed by atoms with E-state index in [9.17, 15) is 9.59 Å². The summed E-state index contributed by atoms with van der Waals surface area (Å²) in [5.74, 6) is 0.322. The number of nitrogens with zero attached hydrogens (tertiary/aromatic N) is 2. The molecule has 33 heavy (non-hydrogen) atoms. The Morgan fingerprint density at radius 1 is 0.879 bits per heavy atom. The van der Waals surface area contributed by atoms with Crippen LogP contribution in [0.5, 0.6) is 0 Å². The largest absolute Gasteiger partial charge is 0.342 e. The second-order valence-corrected chi connectivity index (χ2v) is 8.37. The summed E-state index contributed by atoms with van der Waals surface area (Å²) in [6.07, 6.45) is 0. The van der Waals surface area contributed by atoms with Crippen molar-refractivity contribution in [3.05, 3.63) is 94.8 Å². The molecule has 1 atom stereocenters. The zero-order valence-corrected chi connectivity index (χ0v) is 19.3. The number of para-hydroxylation sites is 3.